The average molecular weight is 282 g/mol. The molecular weight excluding hydrogens is 268 g/mol. The van der Waals surface area contributed by atoms with Crippen LogP contribution in [0.2, 0.25) is 0 Å². The molecule has 8 nitrogen and oxygen atoms in total. The molecule has 0 amide bonds. The van der Waals surface area contributed by atoms with Crippen LogP contribution in [0, 0.1) is 10.1 Å². The summed E-state index contributed by atoms with van der Waals surface area (Å²) in [6.45, 7) is 1.67. The van der Waals surface area contributed by atoms with Crippen LogP contribution in [0.4, 0.5) is 11.4 Å². The number of para-hydroxylation sites is 2. The van der Waals surface area contributed by atoms with Crippen LogP contribution in [-0.4, -0.2) is 34.6 Å². The summed E-state index contributed by atoms with van der Waals surface area (Å²) < 4.78 is 4.74. The van der Waals surface area contributed by atoms with E-state index >= 15 is 0 Å². The second-order valence-corrected chi connectivity index (χ2v) is 3.82. The van der Waals surface area contributed by atoms with Gasteiger partial charge in [-0.05, 0) is 13.0 Å². The number of carbonyl (C=O) groups is 2. The number of esters is 1. The number of nitro benzene ring substituents is 1. The van der Waals surface area contributed by atoms with Gasteiger partial charge in [-0.3, -0.25) is 14.9 Å². The summed E-state index contributed by atoms with van der Waals surface area (Å²) >= 11 is 0. The Bertz CT molecular complexity index is 516. The third-order valence-electron chi connectivity index (χ3n) is 2.38. The minimum absolute atomic E-state index is 0.0665. The van der Waals surface area contributed by atoms with Gasteiger partial charge in [0.05, 0.1) is 18.0 Å². The van der Waals surface area contributed by atoms with Crippen molar-refractivity contribution in [3.05, 3.63) is 34.4 Å². The van der Waals surface area contributed by atoms with Crippen molar-refractivity contribution in [2.75, 3.05) is 11.9 Å². The Morgan fingerprint density at radius 1 is 1.45 bits per heavy atom. The van der Waals surface area contributed by atoms with Crippen molar-refractivity contribution in [2.45, 2.75) is 19.4 Å². The molecule has 0 aliphatic carbocycles. The van der Waals surface area contributed by atoms with Gasteiger partial charge in [0.15, 0.2) is 0 Å². The zero-order valence-corrected chi connectivity index (χ0v) is 10.7. The average Bonchev–Trinajstić information content (AvgIpc) is 2.38. The van der Waals surface area contributed by atoms with Crippen LogP contribution in [0.5, 0.6) is 0 Å². The summed E-state index contributed by atoms with van der Waals surface area (Å²) in [5.74, 6) is -1.98. The molecule has 1 aromatic rings. The van der Waals surface area contributed by atoms with Crippen LogP contribution in [0.1, 0.15) is 13.3 Å². The highest BCUT2D eigenvalue weighted by Gasteiger charge is 2.25. The van der Waals surface area contributed by atoms with Gasteiger partial charge in [0, 0.05) is 6.07 Å². The first kappa shape index (κ1) is 15.4. The number of carboxylic acid groups (broad SMARTS) is 1. The third kappa shape index (κ3) is 4.23. The Kier molecular flexibility index (Phi) is 5.45. The molecule has 0 fully saturated rings. The monoisotopic (exact) mass is 282 g/mol. The van der Waals surface area contributed by atoms with E-state index in [9.17, 15) is 19.7 Å². The number of hydrogen-bond donors (Lipinski definition) is 2. The van der Waals surface area contributed by atoms with Crippen molar-refractivity contribution in [1.29, 1.82) is 0 Å². The molecule has 0 aliphatic rings. The lowest BCUT2D eigenvalue weighted by atomic mass is 10.2. The van der Waals surface area contributed by atoms with Gasteiger partial charge < -0.3 is 15.2 Å². The Hall–Kier alpha value is -2.64. The molecule has 2 N–H and O–H groups in total. The Balaban J connectivity index is 2.97. The SMILES string of the molecule is CCOC(=O)C(CC(=O)O)Nc1ccccc1[N+](=O)[O-]. The zero-order chi connectivity index (χ0) is 15.1. The van der Waals surface area contributed by atoms with Crippen LogP contribution >= 0.6 is 0 Å². The van der Waals surface area contributed by atoms with E-state index in [0.29, 0.717) is 0 Å². The van der Waals surface area contributed by atoms with Gasteiger partial charge in [-0.25, -0.2) is 4.79 Å². The standard InChI is InChI=1S/C12H14N2O6/c1-2-20-12(17)9(7-11(15)16)13-8-5-3-4-6-10(8)14(18)19/h3-6,9,13H,2,7H2,1H3,(H,15,16). The summed E-state index contributed by atoms with van der Waals surface area (Å²) in [4.78, 5) is 32.6. The van der Waals surface area contributed by atoms with Crippen molar-refractivity contribution >= 4 is 23.3 Å². The lowest BCUT2D eigenvalue weighted by Gasteiger charge is -2.16. The normalized spacial score (nSPS) is 11.4. The number of nitro groups is 1. The number of nitrogens with one attached hydrogen (secondary N) is 1. The highest BCUT2D eigenvalue weighted by atomic mass is 16.6. The van der Waals surface area contributed by atoms with E-state index < -0.39 is 29.3 Å². The van der Waals surface area contributed by atoms with Gasteiger partial charge >= 0.3 is 11.9 Å². The number of nitrogens with zero attached hydrogens (tertiary/aromatic N) is 1. The molecule has 0 spiro atoms. The topological polar surface area (TPSA) is 119 Å². The van der Waals surface area contributed by atoms with Gasteiger partial charge in [-0.2, -0.15) is 0 Å². The van der Waals surface area contributed by atoms with E-state index in [2.05, 4.69) is 5.32 Å². The molecule has 0 heterocycles. The van der Waals surface area contributed by atoms with E-state index in [1.54, 1.807) is 6.92 Å². The fraction of sp³-hybridized carbons (Fsp3) is 0.333. The number of carbonyl (C=O) groups excluding carboxylic acids is 1. The van der Waals surface area contributed by atoms with Crippen LogP contribution in [0.3, 0.4) is 0 Å². The quantitative estimate of drug-likeness (QED) is 0.441. The smallest absolute Gasteiger partial charge is 0.329 e. The van der Waals surface area contributed by atoms with Gasteiger partial charge in [0.2, 0.25) is 0 Å². The molecule has 1 aromatic carbocycles. The number of benzene rings is 1. The van der Waals surface area contributed by atoms with Crippen molar-refractivity contribution < 1.29 is 24.4 Å². The third-order valence-corrected chi connectivity index (χ3v) is 2.38. The number of rotatable bonds is 7. The molecule has 1 rings (SSSR count). The first-order valence-electron chi connectivity index (χ1n) is 5.84. The van der Waals surface area contributed by atoms with Gasteiger partial charge in [0.1, 0.15) is 11.7 Å². The predicted octanol–water partition coefficient (Wildman–Crippen LogP) is 1.41. The Morgan fingerprint density at radius 2 is 2.10 bits per heavy atom. The van der Waals surface area contributed by atoms with E-state index in [1.807, 2.05) is 0 Å². The second kappa shape index (κ2) is 7.07. The maximum Gasteiger partial charge on any atom is 0.329 e. The maximum absolute atomic E-state index is 11.6. The number of carboxylic acids is 1. The van der Waals surface area contributed by atoms with E-state index in [-0.39, 0.29) is 18.0 Å². The van der Waals surface area contributed by atoms with Crippen molar-refractivity contribution in [2.24, 2.45) is 0 Å². The minimum Gasteiger partial charge on any atom is -0.481 e. The number of anilines is 1. The summed E-state index contributed by atoms with van der Waals surface area (Å²) in [6.07, 6.45) is -0.537. The number of hydrogen-bond acceptors (Lipinski definition) is 6. The van der Waals surface area contributed by atoms with Crippen molar-refractivity contribution in [3.8, 4) is 0 Å². The van der Waals surface area contributed by atoms with Gasteiger partial charge in [-0.15, -0.1) is 0 Å². The first-order chi connectivity index (χ1) is 9.45. The summed E-state index contributed by atoms with van der Waals surface area (Å²) in [5, 5.41) is 22.2. The molecule has 0 saturated heterocycles. The predicted molar refractivity (Wildman–Crippen MR) is 69.4 cm³/mol. The lowest BCUT2D eigenvalue weighted by Crippen LogP contribution is -2.33. The highest BCUT2D eigenvalue weighted by molar-refractivity contribution is 5.85. The zero-order valence-electron chi connectivity index (χ0n) is 10.7. The van der Waals surface area contributed by atoms with Gasteiger partial charge in [-0.1, -0.05) is 12.1 Å². The van der Waals surface area contributed by atoms with Crippen LogP contribution in [0.25, 0.3) is 0 Å². The molecule has 0 radical (unpaired) electrons. The van der Waals surface area contributed by atoms with Gasteiger partial charge in [0.25, 0.3) is 5.69 Å². The largest absolute Gasteiger partial charge is 0.481 e. The fourth-order valence-electron chi connectivity index (χ4n) is 1.55. The van der Waals surface area contributed by atoms with E-state index in [4.69, 9.17) is 9.84 Å². The molecule has 0 bridgehead atoms. The summed E-state index contributed by atoms with van der Waals surface area (Å²) in [5.41, 5.74) is -0.177. The van der Waals surface area contributed by atoms with Crippen molar-refractivity contribution in [1.82, 2.24) is 0 Å². The highest BCUT2D eigenvalue weighted by Crippen LogP contribution is 2.24. The molecule has 0 aromatic heterocycles. The maximum atomic E-state index is 11.6. The Morgan fingerprint density at radius 3 is 2.65 bits per heavy atom. The minimum atomic E-state index is -1.21. The summed E-state index contributed by atoms with van der Waals surface area (Å²) in [7, 11) is 0. The van der Waals surface area contributed by atoms with Crippen LogP contribution < -0.4 is 5.32 Å². The van der Waals surface area contributed by atoms with E-state index in [1.165, 1.54) is 24.3 Å². The van der Waals surface area contributed by atoms with Crippen molar-refractivity contribution in [3.63, 3.8) is 0 Å². The second-order valence-electron chi connectivity index (χ2n) is 3.82. The molecule has 108 valence electrons. The van der Waals surface area contributed by atoms with Crippen LogP contribution in [-0.2, 0) is 14.3 Å². The first-order valence-corrected chi connectivity index (χ1v) is 5.84. The fourth-order valence-corrected chi connectivity index (χ4v) is 1.55. The molecular formula is C12H14N2O6. The number of aliphatic carboxylic acids is 1. The lowest BCUT2D eigenvalue weighted by molar-refractivity contribution is -0.384. The number of ether oxygens (including phenoxy) is 1. The molecule has 20 heavy (non-hydrogen) atoms. The molecule has 8 heteroatoms. The van der Waals surface area contributed by atoms with Crippen LogP contribution in [0.15, 0.2) is 24.3 Å². The molecule has 0 aliphatic heterocycles. The van der Waals surface area contributed by atoms with E-state index in [0.717, 1.165) is 0 Å². The molecule has 1 unspecified atom stereocenters. The summed E-state index contributed by atoms with van der Waals surface area (Å²) in [6, 6.07) is 4.48. The Labute approximate surface area is 114 Å². The molecule has 0 saturated carbocycles. The molecule has 1 atom stereocenters.